The van der Waals surface area contributed by atoms with Crippen molar-refractivity contribution in [2.24, 2.45) is 16.5 Å². The zero-order valence-electron chi connectivity index (χ0n) is 17.3. The van der Waals surface area contributed by atoms with Crippen LogP contribution in [0.2, 0.25) is 0 Å². The lowest BCUT2D eigenvalue weighted by atomic mass is 10.1. The van der Waals surface area contributed by atoms with Crippen LogP contribution in [-0.2, 0) is 19.1 Å². The monoisotopic (exact) mass is 471 g/mol. The van der Waals surface area contributed by atoms with Crippen LogP contribution in [0.25, 0.3) is 0 Å². The van der Waals surface area contributed by atoms with Gasteiger partial charge in [0.2, 0.25) is 5.91 Å². The number of hydrogen-bond acceptors (Lipinski definition) is 9. The average Bonchev–Trinajstić information content (AvgIpc) is 3.10. The minimum Gasteiger partial charge on any atom is -0.481 e. The molecule has 2 rings (SSSR count). The van der Waals surface area contributed by atoms with Crippen LogP contribution in [0.3, 0.4) is 0 Å². The van der Waals surface area contributed by atoms with Crippen molar-refractivity contribution in [1.29, 1.82) is 0 Å². The van der Waals surface area contributed by atoms with Crippen molar-refractivity contribution in [3.05, 3.63) is 32.6 Å². The second-order valence-corrected chi connectivity index (χ2v) is 7.17. The summed E-state index contributed by atoms with van der Waals surface area (Å²) in [6.45, 7) is -0.952. The van der Waals surface area contributed by atoms with Gasteiger partial charge in [0.15, 0.2) is 5.96 Å². The molecule has 2 amide bonds. The first-order valence-electron chi connectivity index (χ1n) is 9.70. The van der Waals surface area contributed by atoms with Gasteiger partial charge in [0.25, 0.3) is 11.5 Å². The number of nitrogens with zero attached hydrogens (tertiary/aromatic N) is 2. The summed E-state index contributed by atoms with van der Waals surface area (Å²) in [7, 11) is 0. The number of nitrogens with one attached hydrogen (secondary N) is 3. The van der Waals surface area contributed by atoms with E-state index < -0.39 is 78.7 Å². The Balaban J connectivity index is 2.03. The summed E-state index contributed by atoms with van der Waals surface area (Å²) in [4.78, 5) is 66.3. The van der Waals surface area contributed by atoms with Crippen LogP contribution >= 0.6 is 0 Å². The van der Waals surface area contributed by atoms with E-state index in [1.165, 1.54) is 0 Å². The topological polar surface area (TPSA) is 267 Å². The summed E-state index contributed by atoms with van der Waals surface area (Å²) < 4.78 is 5.59. The molecule has 1 aromatic rings. The number of amides is 2. The number of guanidine groups is 1. The molecule has 16 heteroatoms. The molecule has 1 fully saturated rings. The molecule has 33 heavy (non-hydrogen) atoms. The molecule has 182 valence electrons. The van der Waals surface area contributed by atoms with Gasteiger partial charge < -0.3 is 36.7 Å². The van der Waals surface area contributed by atoms with Gasteiger partial charge >= 0.3 is 11.7 Å². The van der Waals surface area contributed by atoms with E-state index in [1.807, 2.05) is 4.98 Å². The van der Waals surface area contributed by atoms with Crippen molar-refractivity contribution in [3.8, 4) is 0 Å². The second-order valence-electron chi connectivity index (χ2n) is 7.17. The number of aliphatic imine (C=N–C) groups is 1. The normalized spacial score (nSPS) is 20.6. The number of aromatic amines is 2. The standard InChI is InChI=1S/C17H25N7O9/c18-16(19)21-6-12(26)24(32)8(1-2-13(27)28)15(30)20-5-11-9(25)3-10(33-11)7-4-22-17(31)23-14(7)29/h4,8-11,25,32H,1-3,5-6H2,(H,20,30)(H,27,28)(H4,18,19,21)(H2,22,23,29,31)/t8-,9-,10+,11+/m0/s1. The number of carbonyl (C=O) groups is 3. The predicted octanol–water partition coefficient (Wildman–Crippen LogP) is -3.91. The number of hydrogen-bond donors (Lipinski definition) is 8. The first kappa shape index (κ1) is 25.5. The van der Waals surface area contributed by atoms with Crippen molar-refractivity contribution >= 4 is 23.7 Å². The van der Waals surface area contributed by atoms with Crippen LogP contribution in [0, 0.1) is 0 Å². The van der Waals surface area contributed by atoms with E-state index in [9.17, 15) is 34.3 Å². The number of aliphatic hydroxyl groups excluding tert-OH is 1. The molecule has 1 aliphatic heterocycles. The van der Waals surface area contributed by atoms with Crippen LogP contribution in [0.5, 0.6) is 0 Å². The van der Waals surface area contributed by atoms with Gasteiger partial charge in [-0.15, -0.1) is 0 Å². The fourth-order valence-corrected chi connectivity index (χ4v) is 3.12. The van der Waals surface area contributed by atoms with Crippen LogP contribution in [-0.4, -0.2) is 85.5 Å². The number of aliphatic carboxylic acids is 1. The lowest BCUT2D eigenvalue weighted by molar-refractivity contribution is -0.179. The van der Waals surface area contributed by atoms with Crippen LogP contribution in [0.1, 0.15) is 30.9 Å². The van der Waals surface area contributed by atoms with Crippen molar-refractivity contribution < 1.29 is 34.5 Å². The van der Waals surface area contributed by atoms with Crippen molar-refractivity contribution in [1.82, 2.24) is 20.3 Å². The maximum Gasteiger partial charge on any atom is 0.325 e. The molecule has 4 atom stereocenters. The smallest absolute Gasteiger partial charge is 0.325 e. The highest BCUT2D eigenvalue weighted by Crippen LogP contribution is 2.30. The van der Waals surface area contributed by atoms with E-state index in [2.05, 4.69) is 15.3 Å². The molecule has 0 unspecified atom stereocenters. The number of carboxylic acid groups (broad SMARTS) is 1. The summed E-state index contributed by atoms with van der Waals surface area (Å²) in [6.07, 6.45) is -2.71. The third-order valence-electron chi connectivity index (χ3n) is 4.78. The van der Waals surface area contributed by atoms with Gasteiger partial charge in [0.1, 0.15) is 18.7 Å². The van der Waals surface area contributed by atoms with E-state index in [0.29, 0.717) is 0 Å². The highest BCUT2D eigenvalue weighted by molar-refractivity contribution is 5.89. The molecule has 0 bridgehead atoms. The fraction of sp³-hybridized carbons (Fsp3) is 0.529. The van der Waals surface area contributed by atoms with E-state index >= 15 is 0 Å². The summed E-state index contributed by atoms with van der Waals surface area (Å²) in [5.74, 6) is -3.66. The summed E-state index contributed by atoms with van der Waals surface area (Å²) in [6, 6.07) is -1.58. The molecule has 1 aliphatic rings. The molecule has 0 saturated carbocycles. The number of H-pyrrole nitrogens is 2. The van der Waals surface area contributed by atoms with Gasteiger partial charge in [0.05, 0.1) is 17.8 Å². The zero-order valence-corrected chi connectivity index (χ0v) is 17.3. The quantitative estimate of drug-likeness (QED) is 0.0707. The highest BCUT2D eigenvalue weighted by atomic mass is 16.5. The van der Waals surface area contributed by atoms with E-state index in [0.717, 1.165) is 6.20 Å². The maximum atomic E-state index is 12.6. The van der Waals surface area contributed by atoms with E-state index in [-0.39, 0.29) is 23.6 Å². The molecule has 0 aromatic carbocycles. The largest absolute Gasteiger partial charge is 0.481 e. The Bertz CT molecular complexity index is 1020. The van der Waals surface area contributed by atoms with Gasteiger partial charge in [-0.2, -0.15) is 0 Å². The first-order valence-corrected chi connectivity index (χ1v) is 9.70. The van der Waals surface area contributed by atoms with Gasteiger partial charge in [-0.05, 0) is 6.42 Å². The Morgan fingerprint density at radius 1 is 1.33 bits per heavy atom. The third-order valence-corrected chi connectivity index (χ3v) is 4.78. The van der Waals surface area contributed by atoms with Crippen LogP contribution < -0.4 is 28.0 Å². The summed E-state index contributed by atoms with van der Waals surface area (Å²) in [5, 5.41) is 31.6. The number of ether oxygens (including phenoxy) is 1. The maximum absolute atomic E-state index is 12.6. The minimum absolute atomic E-state index is 0.00122. The Morgan fingerprint density at radius 3 is 2.64 bits per heavy atom. The number of carbonyl (C=O) groups excluding carboxylic acids is 2. The Morgan fingerprint density at radius 2 is 2.03 bits per heavy atom. The lowest BCUT2D eigenvalue weighted by Gasteiger charge is -2.25. The van der Waals surface area contributed by atoms with Gasteiger partial charge in [-0.3, -0.25) is 29.4 Å². The molecular weight excluding hydrogens is 446 g/mol. The summed E-state index contributed by atoms with van der Waals surface area (Å²) in [5.41, 5.74) is 8.92. The van der Waals surface area contributed by atoms with Crippen molar-refractivity contribution in [3.63, 3.8) is 0 Å². The highest BCUT2D eigenvalue weighted by Gasteiger charge is 2.37. The van der Waals surface area contributed by atoms with Crippen LogP contribution in [0.4, 0.5) is 0 Å². The molecule has 2 heterocycles. The average molecular weight is 471 g/mol. The molecule has 10 N–H and O–H groups in total. The first-order chi connectivity index (χ1) is 15.5. The molecule has 1 aromatic heterocycles. The lowest BCUT2D eigenvalue weighted by Crippen LogP contribution is -2.51. The third kappa shape index (κ3) is 7.13. The number of nitrogens with two attached hydrogens (primary N) is 2. The molecule has 1 saturated heterocycles. The zero-order chi connectivity index (χ0) is 24.7. The Hall–Kier alpha value is -3.76. The minimum atomic E-state index is -1.58. The fourth-order valence-electron chi connectivity index (χ4n) is 3.12. The van der Waals surface area contributed by atoms with Gasteiger partial charge in [-0.25, -0.2) is 14.9 Å². The van der Waals surface area contributed by atoms with E-state index in [1.54, 1.807) is 0 Å². The number of aliphatic hydroxyl groups is 1. The number of aromatic nitrogens is 2. The number of rotatable bonds is 10. The van der Waals surface area contributed by atoms with Crippen LogP contribution in [0.15, 0.2) is 20.8 Å². The Labute approximate surface area is 185 Å². The SMILES string of the molecule is NC(N)=NCC(=O)N(O)[C@@H](CCC(=O)O)C(=O)NC[C@H]1O[C@@H](c2c[nH]c(=O)[nH]c2=O)C[C@@H]1O. The Kier molecular flexibility index (Phi) is 8.66. The molecule has 0 aliphatic carbocycles. The van der Waals surface area contributed by atoms with Gasteiger partial charge in [-0.1, -0.05) is 0 Å². The second kappa shape index (κ2) is 11.2. The molecule has 0 spiro atoms. The van der Waals surface area contributed by atoms with Gasteiger partial charge in [0, 0.05) is 25.6 Å². The molecule has 0 radical (unpaired) electrons. The number of carboxylic acids is 1. The molecule has 16 nitrogen and oxygen atoms in total. The van der Waals surface area contributed by atoms with Crippen molar-refractivity contribution in [2.75, 3.05) is 13.1 Å². The van der Waals surface area contributed by atoms with Crippen molar-refractivity contribution in [2.45, 2.75) is 43.6 Å². The predicted molar refractivity (Wildman–Crippen MR) is 109 cm³/mol. The number of hydroxylamine groups is 2. The molecular formula is C17H25N7O9. The van der Waals surface area contributed by atoms with E-state index in [4.69, 9.17) is 21.3 Å². The summed E-state index contributed by atoms with van der Waals surface area (Å²) >= 11 is 0.